The van der Waals surface area contributed by atoms with Crippen molar-refractivity contribution in [3.8, 4) is 33.4 Å². The van der Waals surface area contributed by atoms with Crippen molar-refractivity contribution < 1.29 is 0 Å². The third-order valence-electron chi connectivity index (χ3n) is 10.1. The smallest absolute Gasteiger partial charge is 0.0546 e. The highest BCUT2D eigenvalue weighted by Gasteiger charge is 2.35. The second kappa shape index (κ2) is 11.1. The fourth-order valence-corrected chi connectivity index (χ4v) is 7.80. The zero-order valence-electron chi connectivity index (χ0n) is 27.1. The Hall–Kier alpha value is -5.99. The number of aromatic nitrogens is 1. The minimum atomic E-state index is -0.0506. The van der Waals surface area contributed by atoms with Crippen LogP contribution in [0.5, 0.6) is 0 Å². The molecule has 48 heavy (non-hydrogen) atoms. The molecule has 0 saturated heterocycles. The Morgan fingerprint density at radius 1 is 0.479 bits per heavy atom. The summed E-state index contributed by atoms with van der Waals surface area (Å²) in [4.78, 5) is 6.89. The van der Waals surface area contributed by atoms with Crippen molar-refractivity contribution in [1.82, 2.24) is 4.98 Å². The molecule has 1 heterocycles. The highest BCUT2D eigenvalue weighted by Crippen LogP contribution is 2.51. The maximum atomic E-state index is 4.45. The molecule has 0 atom stereocenters. The molecular weight excluding hydrogens is 581 g/mol. The highest BCUT2D eigenvalue weighted by molar-refractivity contribution is 6.19. The number of anilines is 3. The van der Waals surface area contributed by atoms with Gasteiger partial charge in [-0.1, -0.05) is 135 Å². The fourth-order valence-electron chi connectivity index (χ4n) is 7.80. The van der Waals surface area contributed by atoms with Gasteiger partial charge in [0.05, 0.1) is 5.69 Å². The minimum Gasteiger partial charge on any atom is -0.310 e. The molecular formula is C46H34N2. The molecule has 0 spiro atoms. The minimum absolute atomic E-state index is 0.0506. The van der Waals surface area contributed by atoms with Crippen LogP contribution in [0.3, 0.4) is 0 Å². The summed E-state index contributed by atoms with van der Waals surface area (Å²) in [6.45, 7) is 4.68. The van der Waals surface area contributed by atoms with Crippen LogP contribution < -0.4 is 4.90 Å². The molecule has 0 bridgehead atoms. The number of hydrogen-bond acceptors (Lipinski definition) is 2. The zero-order valence-corrected chi connectivity index (χ0v) is 27.1. The number of rotatable bonds is 5. The fraction of sp³-hybridized carbons (Fsp3) is 0.0652. The van der Waals surface area contributed by atoms with E-state index in [-0.39, 0.29) is 5.41 Å². The van der Waals surface area contributed by atoms with Crippen molar-refractivity contribution in [1.29, 1.82) is 0 Å². The molecule has 2 nitrogen and oxygen atoms in total. The summed E-state index contributed by atoms with van der Waals surface area (Å²) in [7, 11) is 0. The van der Waals surface area contributed by atoms with E-state index >= 15 is 0 Å². The van der Waals surface area contributed by atoms with Gasteiger partial charge < -0.3 is 4.90 Å². The third-order valence-corrected chi connectivity index (χ3v) is 10.1. The first-order valence-corrected chi connectivity index (χ1v) is 16.6. The van der Waals surface area contributed by atoms with E-state index in [4.69, 9.17) is 0 Å². The van der Waals surface area contributed by atoms with Crippen molar-refractivity contribution in [2.45, 2.75) is 19.3 Å². The van der Waals surface area contributed by atoms with E-state index in [2.05, 4.69) is 175 Å². The van der Waals surface area contributed by atoms with Gasteiger partial charge in [-0.2, -0.15) is 0 Å². The molecule has 1 aliphatic rings. The van der Waals surface area contributed by atoms with Crippen LogP contribution in [0.25, 0.3) is 54.9 Å². The second-order valence-electron chi connectivity index (χ2n) is 13.2. The first kappa shape index (κ1) is 28.3. The van der Waals surface area contributed by atoms with Crippen molar-refractivity contribution in [3.05, 3.63) is 181 Å². The average molecular weight is 615 g/mol. The standard InChI is InChI=1S/C46H34N2/c1-46(2)42-20-9-8-16-38(42)41-29-36(25-26-43(41)46)48(35-23-21-32(22-24-35)31-12-4-3-5-13-31)44-28-33-14-10-19-37(34-15-11-27-47-30-34)45(33)40-18-7-6-17-39(40)44/h3-30H,1-2H3. The predicted octanol–water partition coefficient (Wildman–Crippen LogP) is 12.5. The van der Waals surface area contributed by atoms with Gasteiger partial charge in [0, 0.05) is 40.1 Å². The molecule has 228 valence electrons. The van der Waals surface area contributed by atoms with Crippen LogP contribution >= 0.6 is 0 Å². The van der Waals surface area contributed by atoms with E-state index in [9.17, 15) is 0 Å². The van der Waals surface area contributed by atoms with Gasteiger partial charge in [-0.25, -0.2) is 0 Å². The summed E-state index contributed by atoms with van der Waals surface area (Å²) in [6.07, 6.45) is 3.80. The Labute approximate surface area is 281 Å². The lowest BCUT2D eigenvalue weighted by molar-refractivity contribution is 0.660. The maximum absolute atomic E-state index is 4.45. The SMILES string of the molecule is CC1(C)c2ccccc2-c2cc(N(c3ccc(-c4ccccc4)cc3)c3cc4cccc(-c5cccnc5)c4c4ccccc34)ccc21. The molecule has 2 heteroatoms. The lowest BCUT2D eigenvalue weighted by Crippen LogP contribution is -2.15. The van der Waals surface area contributed by atoms with E-state index in [0.29, 0.717) is 0 Å². The summed E-state index contributed by atoms with van der Waals surface area (Å²) in [5.74, 6) is 0. The highest BCUT2D eigenvalue weighted by atomic mass is 15.1. The molecule has 7 aromatic carbocycles. The maximum Gasteiger partial charge on any atom is 0.0546 e. The van der Waals surface area contributed by atoms with Crippen molar-refractivity contribution in [3.63, 3.8) is 0 Å². The Morgan fingerprint density at radius 2 is 1.15 bits per heavy atom. The van der Waals surface area contributed by atoms with Gasteiger partial charge in [0.15, 0.2) is 0 Å². The zero-order chi connectivity index (χ0) is 32.2. The Kier molecular flexibility index (Phi) is 6.51. The van der Waals surface area contributed by atoms with E-state index in [1.54, 1.807) is 0 Å². The quantitative estimate of drug-likeness (QED) is 0.179. The van der Waals surface area contributed by atoms with Crippen molar-refractivity contribution >= 4 is 38.6 Å². The first-order chi connectivity index (χ1) is 23.6. The molecule has 0 saturated carbocycles. The van der Waals surface area contributed by atoms with Gasteiger partial charge in [0.2, 0.25) is 0 Å². The summed E-state index contributed by atoms with van der Waals surface area (Å²) < 4.78 is 0. The summed E-state index contributed by atoms with van der Waals surface area (Å²) >= 11 is 0. The van der Waals surface area contributed by atoms with Gasteiger partial charge in [0.1, 0.15) is 0 Å². The number of nitrogens with zero attached hydrogens (tertiary/aromatic N) is 2. The third kappa shape index (κ3) is 4.45. The van der Waals surface area contributed by atoms with E-state index in [1.807, 2.05) is 18.5 Å². The monoisotopic (exact) mass is 614 g/mol. The van der Waals surface area contributed by atoms with Crippen LogP contribution in [0.2, 0.25) is 0 Å². The van der Waals surface area contributed by atoms with E-state index in [0.717, 1.165) is 22.6 Å². The molecule has 0 amide bonds. The summed E-state index contributed by atoms with van der Waals surface area (Å²) in [5.41, 5.74) is 13.5. The molecule has 9 rings (SSSR count). The normalized spacial score (nSPS) is 13.0. The molecule has 0 aliphatic heterocycles. The molecule has 1 aromatic heterocycles. The van der Waals surface area contributed by atoms with Crippen molar-refractivity contribution in [2.24, 2.45) is 0 Å². The molecule has 0 fully saturated rings. The van der Waals surface area contributed by atoms with Crippen LogP contribution in [-0.2, 0) is 5.41 Å². The van der Waals surface area contributed by atoms with E-state index < -0.39 is 0 Å². The summed E-state index contributed by atoms with van der Waals surface area (Å²) in [6, 6.07) is 57.5. The first-order valence-electron chi connectivity index (χ1n) is 16.6. The summed E-state index contributed by atoms with van der Waals surface area (Å²) in [5, 5.41) is 4.87. The molecule has 0 N–H and O–H groups in total. The Bertz CT molecular complexity index is 2460. The molecule has 8 aromatic rings. The number of fused-ring (bicyclic) bond motifs is 6. The van der Waals surface area contributed by atoms with Gasteiger partial charge >= 0.3 is 0 Å². The largest absolute Gasteiger partial charge is 0.310 e. The topological polar surface area (TPSA) is 16.1 Å². The Morgan fingerprint density at radius 3 is 1.96 bits per heavy atom. The molecule has 0 unspecified atom stereocenters. The Balaban J connectivity index is 1.30. The molecule has 1 aliphatic carbocycles. The average Bonchev–Trinajstić information content (AvgIpc) is 3.38. The lowest BCUT2D eigenvalue weighted by atomic mass is 9.82. The van der Waals surface area contributed by atoms with Crippen LogP contribution in [-0.4, -0.2) is 4.98 Å². The van der Waals surface area contributed by atoms with Crippen molar-refractivity contribution in [2.75, 3.05) is 4.90 Å². The van der Waals surface area contributed by atoms with Gasteiger partial charge in [-0.05, 0) is 91.5 Å². The lowest BCUT2D eigenvalue weighted by Gasteiger charge is -2.29. The number of hydrogen-bond donors (Lipinski definition) is 0. The van der Waals surface area contributed by atoms with Crippen LogP contribution in [0, 0.1) is 0 Å². The van der Waals surface area contributed by atoms with E-state index in [1.165, 1.54) is 60.5 Å². The van der Waals surface area contributed by atoms with Gasteiger partial charge in [0.25, 0.3) is 0 Å². The predicted molar refractivity (Wildman–Crippen MR) is 202 cm³/mol. The van der Waals surface area contributed by atoms with Crippen LogP contribution in [0.15, 0.2) is 170 Å². The molecule has 0 radical (unpaired) electrons. The number of benzene rings is 7. The second-order valence-corrected chi connectivity index (χ2v) is 13.2. The van der Waals surface area contributed by atoms with Crippen LogP contribution in [0.1, 0.15) is 25.0 Å². The van der Waals surface area contributed by atoms with Crippen LogP contribution in [0.4, 0.5) is 17.1 Å². The van der Waals surface area contributed by atoms with Gasteiger partial charge in [-0.15, -0.1) is 0 Å². The van der Waals surface area contributed by atoms with Gasteiger partial charge in [-0.3, -0.25) is 4.98 Å². The number of pyridine rings is 1.